The molecule has 188 valence electrons. The van der Waals surface area contributed by atoms with Crippen molar-refractivity contribution in [3.63, 3.8) is 0 Å². The molecule has 2 amide bonds. The number of unbranched alkanes of at least 4 members (excludes halogenated alkanes) is 3. The fraction of sp³-hybridized carbons (Fsp3) is 0.250. The van der Waals surface area contributed by atoms with E-state index in [0.29, 0.717) is 23.7 Å². The molecule has 0 aliphatic carbocycles. The first-order valence-corrected chi connectivity index (χ1v) is 12.4. The van der Waals surface area contributed by atoms with Crippen molar-refractivity contribution in [2.24, 2.45) is 0 Å². The summed E-state index contributed by atoms with van der Waals surface area (Å²) in [5, 5.41) is 2.49. The Morgan fingerprint density at radius 3 is 2.28 bits per heavy atom. The Morgan fingerprint density at radius 2 is 1.53 bits per heavy atom. The van der Waals surface area contributed by atoms with E-state index in [4.69, 9.17) is 21.7 Å². The molecule has 0 aromatic heterocycles. The zero-order chi connectivity index (χ0) is 25.6. The summed E-state index contributed by atoms with van der Waals surface area (Å²) in [6.07, 6.45) is 4.53. The lowest BCUT2D eigenvalue weighted by atomic mass is 10.1. The third-order valence-corrected chi connectivity index (χ3v) is 5.46. The van der Waals surface area contributed by atoms with E-state index < -0.39 is 11.8 Å². The lowest BCUT2D eigenvalue weighted by Gasteiger charge is -2.13. The number of nitrogens with one attached hydrogen (secondary N) is 3. The first-order chi connectivity index (χ1) is 17.6. The quantitative estimate of drug-likeness (QED) is 0.193. The van der Waals surface area contributed by atoms with Gasteiger partial charge in [0.15, 0.2) is 11.7 Å². The zero-order valence-corrected chi connectivity index (χ0v) is 21.1. The second kappa shape index (κ2) is 14.5. The normalized spacial score (nSPS) is 10.2. The van der Waals surface area contributed by atoms with E-state index in [1.807, 2.05) is 48.5 Å². The summed E-state index contributed by atoms with van der Waals surface area (Å²) in [4.78, 5) is 24.6. The van der Waals surface area contributed by atoms with Gasteiger partial charge in [-0.15, -0.1) is 0 Å². The standard InChI is InChI=1S/C28H31N3O4S/c1-2-3-4-10-19-34-23-17-15-22(16-18-23)27(33)29-28(36)31-30-26(32)20-35-25-14-9-8-13-24(25)21-11-6-5-7-12-21/h5-9,11-18H,2-4,10,19-20H2,1H3,(H,30,32)(H2,29,31,33,36). The molecule has 0 aliphatic rings. The molecule has 3 rings (SSSR count). The van der Waals surface area contributed by atoms with Crippen LogP contribution in [-0.4, -0.2) is 30.1 Å². The van der Waals surface area contributed by atoms with Gasteiger partial charge in [-0.05, 0) is 54.5 Å². The number of amides is 2. The van der Waals surface area contributed by atoms with Crippen LogP contribution in [0.4, 0.5) is 0 Å². The second-order valence-corrected chi connectivity index (χ2v) is 8.45. The molecule has 0 spiro atoms. The maximum Gasteiger partial charge on any atom is 0.276 e. The summed E-state index contributed by atoms with van der Waals surface area (Å²) < 4.78 is 11.4. The maximum absolute atomic E-state index is 12.4. The van der Waals surface area contributed by atoms with Gasteiger partial charge in [-0.3, -0.25) is 25.8 Å². The summed E-state index contributed by atoms with van der Waals surface area (Å²) >= 11 is 5.11. The van der Waals surface area contributed by atoms with Crippen molar-refractivity contribution in [1.82, 2.24) is 16.2 Å². The predicted molar refractivity (Wildman–Crippen MR) is 145 cm³/mol. The van der Waals surface area contributed by atoms with E-state index >= 15 is 0 Å². The summed E-state index contributed by atoms with van der Waals surface area (Å²) in [7, 11) is 0. The first kappa shape index (κ1) is 26.7. The average molecular weight is 506 g/mol. The van der Waals surface area contributed by atoms with Crippen molar-refractivity contribution in [2.45, 2.75) is 32.6 Å². The van der Waals surface area contributed by atoms with Gasteiger partial charge in [0.2, 0.25) is 0 Å². The van der Waals surface area contributed by atoms with Crippen LogP contribution in [0.15, 0.2) is 78.9 Å². The van der Waals surface area contributed by atoms with Gasteiger partial charge in [0, 0.05) is 11.1 Å². The number of hydrogen-bond donors (Lipinski definition) is 3. The van der Waals surface area contributed by atoms with Crippen molar-refractivity contribution >= 4 is 29.1 Å². The van der Waals surface area contributed by atoms with Gasteiger partial charge >= 0.3 is 0 Å². The van der Waals surface area contributed by atoms with Gasteiger partial charge in [0.25, 0.3) is 11.8 Å². The molecule has 0 aliphatic heterocycles. The number of hydrogen-bond acceptors (Lipinski definition) is 5. The molecule has 7 nitrogen and oxygen atoms in total. The Balaban J connectivity index is 1.40. The van der Waals surface area contributed by atoms with Crippen molar-refractivity contribution in [3.05, 3.63) is 84.4 Å². The number of benzene rings is 3. The summed E-state index contributed by atoms with van der Waals surface area (Å²) in [6.45, 7) is 2.59. The van der Waals surface area contributed by atoms with Gasteiger partial charge in [0.05, 0.1) is 6.61 Å². The van der Waals surface area contributed by atoms with E-state index in [9.17, 15) is 9.59 Å². The Morgan fingerprint density at radius 1 is 0.806 bits per heavy atom. The molecule has 0 fully saturated rings. The second-order valence-electron chi connectivity index (χ2n) is 8.04. The Kier molecular flexibility index (Phi) is 10.7. The lowest BCUT2D eigenvalue weighted by Crippen LogP contribution is -2.49. The largest absolute Gasteiger partial charge is 0.494 e. The summed E-state index contributed by atoms with van der Waals surface area (Å²) in [5.41, 5.74) is 7.24. The zero-order valence-electron chi connectivity index (χ0n) is 20.3. The van der Waals surface area contributed by atoms with Crippen LogP contribution < -0.4 is 25.6 Å². The molecule has 36 heavy (non-hydrogen) atoms. The minimum Gasteiger partial charge on any atom is -0.494 e. The molecular formula is C28H31N3O4S. The van der Waals surface area contributed by atoms with Gasteiger partial charge in [-0.25, -0.2) is 0 Å². The number of hydrazine groups is 1. The molecular weight excluding hydrogens is 474 g/mol. The number of carbonyl (C=O) groups excluding carboxylic acids is 2. The van der Waals surface area contributed by atoms with Crippen LogP contribution in [0.3, 0.4) is 0 Å². The first-order valence-electron chi connectivity index (χ1n) is 12.0. The Hall–Kier alpha value is -3.91. The monoisotopic (exact) mass is 505 g/mol. The van der Waals surface area contributed by atoms with E-state index in [0.717, 1.165) is 24.0 Å². The Bertz CT molecular complexity index is 1140. The highest BCUT2D eigenvalue weighted by Crippen LogP contribution is 2.29. The van der Waals surface area contributed by atoms with E-state index in [-0.39, 0.29) is 11.7 Å². The molecule has 3 aromatic rings. The molecule has 0 unspecified atom stereocenters. The number of ether oxygens (including phenoxy) is 2. The molecule has 0 bridgehead atoms. The van der Waals surface area contributed by atoms with Gasteiger partial charge < -0.3 is 9.47 Å². The molecule has 0 saturated heterocycles. The third-order valence-electron chi connectivity index (χ3n) is 5.26. The maximum atomic E-state index is 12.4. The molecule has 0 saturated carbocycles. The predicted octanol–water partition coefficient (Wildman–Crippen LogP) is 5.03. The highest BCUT2D eigenvalue weighted by Gasteiger charge is 2.11. The van der Waals surface area contributed by atoms with E-state index in [2.05, 4.69) is 23.1 Å². The number of para-hydroxylation sites is 1. The highest BCUT2D eigenvalue weighted by atomic mass is 32.1. The van der Waals surface area contributed by atoms with Gasteiger partial charge in [-0.2, -0.15) is 0 Å². The molecule has 3 aromatic carbocycles. The van der Waals surface area contributed by atoms with Crippen molar-refractivity contribution in [1.29, 1.82) is 0 Å². The lowest BCUT2D eigenvalue weighted by molar-refractivity contribution is -0.123. The number of thiocarbonyl (C=S) groups is 1. The molecule has 3 N–H and O–H groups in total. The Labute approximate surface area is 217 Å². The van der Waals surface area contributed by atoms with Crippen molar-refractivity contribution in [2.75, 3.05) is 13.2 Å². The number of rotatable bonds is 11. The summed E-state index contributed by atoms with van der Waals surface area (Å²) in [6, 6.07) is 24.1. The fourth-order valence-electron chi connectivity index (χ4n) is 3.38. The highest BCUT2D eigenvalue weighted by molar-refractivity contribution is 7.80. The van der Waals surface area contributed by atoms with Crippen LogP contribution in [-0.2, 0) is 4.79 Å². The van der Waals surface area contributed by atoms with Crippen LogP contribution in [0.1, 0.15) is 43.0 Å². The SMILES string of the molecule is CCCCCCOc1ccc(C(=O)NC(=S)NNC(=O)COc2ccccc2-c2ccccc2)cc1. The van der Waals surface area contributed by atoms with Crippen molar-refractivity contribution < 1.29 is 19.1 Å². The third kappa shape index (κ3) is 8.70. The minimum atomic E-state index is -0.449. The van der Waals surface area contributed by atoms with E-state index in [1.165, 1.54) is 12.8 Å². The van der Waals surface area contributed by atoms with Crippen molar-refractivity contribution in [3.8, 4) is 22.6 Å². The van der Waals surface area contributed by atoms with Crippen LogP contribution >= 0.6 is 12.2 Å². The topological polar surface area (TPSA) is 88.7 Å². The van der Waals surface area contributed by atoms with Gasteiger partial charge in [0.1, 0.15) is 11.5 Å². The molecule has 0 heterocycles. The van der Waals surface area contributed by atoms with Crippen LogP contribution in [0.2, 0.25) is 0 Å². The minimum absolute atomic E-state index is 0.0331. The average Bonchev–Trinajstić information content (AvgIpc) is 2.91. The van der Waals surface area contributed by atoms with E-state index in [1.54, 1.807) is 30.3 Å². The molecule has 0 radical (unpaired) electrons. The number of carbonyl (C=O) groups is 2. The van der Waals surface area contributed by atoms with Gasteiger partial charge in [-0.1, -0.05) is 74.7 Å². The fourth-order valence-corrected chi connectivity index (χ4v) is 3.53. The summed E-state index contributed by atoms with van der Waals surface area (Å²) in [5.74, 6) is 0.451. The van der Waals surface area contributed by atoms with Crippen LogP contribution in [0, 0.1) is 0 Å². The molecule has 0 atom stereocenters. The van der Waals surface area contributed by atoms with Crippen LogP contribution in [0.25, 0.3) is 11.1 Å². The molecule has 8 heteroatoms. The van der Waals surface area contributed by atoms with Crippen LogP contribution in [0.5, 0.6) is 11.5 Å². The smallest absolute Gasteiger partial charge is 0.276 e.